The standard InChI is InChI=1S/C11H22N2O4S/c1-10(2)9-12-11(14)3-8-18(15,16)13-4-6-17-7-5-13/h10H,3-9H2,1-2H3,(H,12,14). The van der Waals surface area contributed by atoms with E-state index in [1.54, 1.807) is 0 Å². The van der Waals surface area contributed by atoms with Gasteiger partial charge in [-0.05, 0) is 5.92 Å². The molecule has 1 saturated heterocycles. The van der Waals surface area contributed by atoms with Crippen molar-refractivity contribution in [2.75, 3.05) is 38.6 Å². The van der Waals surface area contributed by atoms with Gasteiger partial charge in [0.15, 0.2) is 0 Å². The van der Waals surface area contributed by atoms with Gasteiger partial charge < -0.3 is 10.1 Å². The summed E-state index contributed by atoms with van der Waals surface area (Å²) >= 11 is 0. The van der Waals surface area contributed by atoms with Crippen molar-refractivity contribution in [1.82, 2.24) is 9.62 Å². The molecule has 0 spiro atoms. The predicted octanol–water partition coefficient (Wildman–Crippen LogP) is -0.189. The van der Waals surface area contributed by atoms with Crippen LogP contribution in [0.3, 0.4) is 0 Å². The monoisotopic (exact) mass is 278 g/mol. The van der Waals surface area contributed by atoms with E-state index in [4.69, 9.17) is 4.74 Å². The zero-order valence-corrected chi connectivity index (χ0v) is 11.8. The minimum absolute atomic E-state index is 0.0202. The van der Waals surface area contributed by atoms with Gasteiger partial charge in [0.2, 0.25) is 15.9 Å². The van der Waals surface area contributed by atoms with E-state index < -0.39 is 10.0 Å². The normalized spacial score (nSPS) is 17.9. The lowest BCUT2D eigenvalue weighted by atomic mass is 10.2. The van der Waals surface area contributed by atoms with Gasteiger partial charge in [-0.3, -0.25) is 4.79 Å². The van der Waals surface area contributed by atoms with Crippen molar-refractivity contribution < 1.29 is 17.9 Å². The highest BCUT2D eigenvalue weighted by Gasteiger charge is 2.24. The fraction of sp³-hybridized carbons (Fsp3) is 0.909. The third-order valence-corrected chi connectivity index (χ3v) is 4.53. The third-order valence-electron chi connectivity index (χ3n) is 2.66. The number of rotatable bonds is 6. The highest BCUT2D eigenvalue weighted by molar-refractivity contribution is 7.89. The van der Waals surface area contributed by atoms with Gasteiger partial charge in [-0.2, -0.15) is 4.31 Å². The maximum atomic E-state index is 11.9. The summed E-state index contributed by atoms with van der Waals surface area (Å²) in [4.78, 5) is 11.5. The summed E-state index contributed by atoms with van der Waals surface area (Å²) in [7, 11) is -3.32. The van der Waals surface area contributed by atoms with Crippen LogP contribution >= 0.6 is 0 Å². The topological polar surface area (TPSA) is 75.7 Å². The molecule has 0 atom stereocenters. The second-order valence-electron chi connectivity index (χ2n) is 4.78. The first-order valence-electron chi connectivity index (χ1n) is 6.24. The zero-order valence-electron chi connectivity index (χ0n) is 11.0. The van der Waals surface area contributed by atoms with E-state index in [1.807, 2.05) is 13.8 Å². The van der Waals surface area contributed by atoms with Crippen molar-refractivity contribution in [3.63, 3.8) is 0 Å². The lowest BCUT2D eigenvalue weighted by Crippen LogP contribution is -2.42. The molecule has 0 aromatic heterocycles. The summed E-state index contributed by atoms with van der Waals surface area (Å²) in [6.07, 6.45) is 0.0202. The molecular formula is C11H22N2O4S. The highest BCUT2D eigenvalue weighted by Crippen LogP contribution is 2.06. The first-order valence-corrected chi connectivity index (χ1v) is 7.85. The molecule has 6 nitrogen and oxygen atoms in total. The van der Waals surface area contributed by atoms with Crippen LogP contribution < -0.4 is 5.32 Å². The Morgan fingerprint density at radius 3 is 2.50 bits per heavy atom. The van der Waals surface area contributed by atoms with Gasteiger partial charge in [0.1, 0.15) is 0 Å². The average molecular weight is 278 g/mol. The molecule has 1 heterocycles. The van der Waals surface area contributed by atoms with Crippen LogP contribution in [0.25, 0.3) is 0 Å². The minimum atomic E-state index is -3.32. The van der Waals surface area contributed by atoms with Crippen molar-refractivity contribution in [3.8, 4) is 0 Å². The molecule has 1 amide bonds. The molecule has 0 unspecified atom stereocenters. The van der Waals surface area contributed by atoms with Gasteiger partial charge in [0.05, 0.1) is 19.0 Å². The van der Waals surface area contributed by atoms with Crippen LogP contribution in [0.5, 0.6) is 0 Å². The molecule has 0 aromatic carbocycles. The molecule has 0 aromatic rings. The van der Waals surface area contributed by atoms with Crippen LogP contribution in [-0.4, -0.2) is 57.2 Å². The second-order valence-corrected chi connectivity index (χ2v) is 6.86. The number of hydrogen-bond donors (Lipinski definition) is 1. The highest BCUT2D eigenvalue weighted by atomic mass is 32.2. The van der Waals surface area contributed by atoms with E-state index in [0.29, 0.717) is 38.8 Å². The van der Waals surface area contributed by atoms with Gasteiger partial charge in [-0.25, -0.2) is 8.42 Å². The molecular weight excluding hydrogens is 256 g/mol. The molecule has 0 aliphatic carbocycles. The summed E-state index contributed by atoms with van der Waals surface area (Å²) in [5, 5.41) is 2.71. The lowest BCUT2D eigenvalue weighted by molar-refractivity contribution is -0.120. The Morgan fingerprint density at radius 2 is 1.94 bits per heavy atom. The average Bonchev–Trinajstić information content (AvgIpc) is 2.35. The summed E-state index contributed by atoms with van der Waals surface area (Å²) in [6, 6.07) is 0. The largest absolute Gasteiger partial charge is 0.379 e. The molecule has 0 radical (unpaired) electrons. The Kier molecular flexibility index (Phi) is 6.04. The van der Waals surface area contributed by atoms with Crippen LogP contribution in [0.2, 0.25) is 0 Å². The molecule has 18 heavy (non-hydrogen) atoms. The number of hydrogen-bond acceptors (Lipinski definition) is 4. The smallest absolute Gasteiger partial charge is 0.221 e. The lowest BCUT2D eigenvalue weighted by Gasteiger charge is -2.25. The number of carbonyl (C=O) groups excluding carboxylic acids is 1. The fourth-order valence-electron chi connectivity index (χ4n) is 1.58. The van der Waals surface area contributed by atoms with Crippen LogP contribution in [0, 0.1) is 5.92 Å². The van der Waals surface area contributed by atoms with Gasteiger partial charge in [0.25, 0.3) is 0 Å². The zero-order chi connectivity index (χ0) is 13.6. The van der Waals surface area contributed by atoms with Gasteiger partial charge in [0, 0.05) is 26.1 Å². The van der Waals surface area contributed by atoms with Crippen LogP contribution in [0.15, 0.2) is 0 Å². The molecule has 1 N–H and O–H groups in total. The molecule has 1 fully saturated rings. The summed E-state index contributed by atoms with van der Waals surface area (Å²) < 4.78 is 30.3. The number of ether oxygens (including phenoxy) is 1. The van der Waals surface area contributed by atoms with Crippen LogP contribution in [-0.2, 0) is 19.6 Å². The van der Waals surface area contributed by atoms with Crippen molar-refractivity contribution in [2.24, 2.45) is 5.92 Å². The maximum absolute atomic E-state index is 11.9. The Bertz CT molecular complexity index is 361. The van der Waals surface area contributed by atoms with E-state index in [-0.39, 0.29) is 18.1 Å². The maximum Gasteiger partial charge on any atom is 0.221 e. The van der Waals surface area contributed by atoms with Crippen LogP contribution in [0.4, 0.5) is 0 Å². The Balaban J connectivity index is 2.34. The number of nitrogens with zero attached hydrogens (tertiary/aromatic N) is 1. The van der Waals surface area contributed by atoms with Crippen molar-refractivity contribution >= 4 is 15.9 Å². The SMILES string of the molecule is CC(C)CNC(=O)CCS(=O)(=O)N1CCOCC1. The number of nitrogens with one attached hydrogen (secondary N) is 1. The summed E-state index contributed by atoms with van der Waals surface area (Å²) in [5.74, 6) is 0.0297. The van der Waals surface area contributed by atoms with E-state index in [2.05, 4.69) is 5.32 Å². The van der Waals surface area contributed by atoms with E-state index in [1.165, 1.54) is 4.31 Å². The van der Waals surface area contributed by atoms with Gasteiger partial charge >= 0.3 is 0 Å². The first-order chi connectivity index (χ1) is 8.42. The molecule has 1 rings (SSSR count). The van der Waals surface area contributed by atoms with E-state index in [9.17, 15) is 13.2 Å². The predicted molar refractivity (Wildman–Crippen MR) is 68.6 cm³/mol. The minimum Gasteiger partial charge on any atom is -0.379 e. The molecule has 7 heteroatoms. The van der Waals surface area contributed by atoms with E-state index >= 15 is 0 Å². The molecule has 1 aliphatic heterocycles. The number of morpholine rings is 1. The first kappa shape index (κ1) is 15.4. The molecule has 1 aliphatic rings. The fourth-order valence-corrected chi connectivity index (χ4v) is 2.99. The Labute approximate surface area is 109 Å². The molecule has 0 bridgehead atoms. The second kappa shape index (κ2) is 7.06. The molecule has 106 valence electrons. The van der Waals surface area contributed by atoms with Crippen molar-refractivity contribution in [1.29, 1.82) is 0 Å². The van der Waals surface area contributed by atoms with Gasteiger partial charge in [-0.1, -0.05) is 13.8 Å². The third kappa shape index (κ3) is 5.32. The summed E-state index contributed by atoms with van der Waals surface area (Å²) in [6.45, 7) is 6.19. The van der Waals surface area contributed by atoms with Crippen molar-refractivity contribution in [2.45, 2.75) is 20.3 Å². The number of carbonyl (C=O) groups is 1. The Hall–Kier alpha value is -0.660. The molecule has 0 saturated carbocycles. The number of sulfonamides is 1. The van der Waals surface area contributed by atoms with Crippen LogP contribution in [0.1, 0.15) is 20.3 Å². The van der Waals surface area contributed by atoms with E-state index in [0.717, 1.165) is 0 Å². The number of amides is 1. The van der Waals surface area contributed by atoms with Crippen molar-refractivity contribution in [3.05, 3.63) is 0 Å². The quantitative estimate of drug-likeness (QED) is 0.731. The van der Waals surface area contributed by atoms with Gasteiger partial charge in [-0.15, -0.1) is 0 Å². The Morgan fingerprint density at radius 1 is 1.33 bits per heavy atom. The summed E-state index contributed by atoms with van der Waals surface area (Å²) in [5.41, 5.74) is 0.